The largest absolute Gasteiger partial charge is 0.295 e. The number of aromatic nitrogens is 4. The molecule has 0 spiro atoms. The van der Waals surface area contributed by atoms with Crippen molar-refractivity contribution < 1.29 is 4.79 Å². The molecule has 0 atom stereocenters. The molecule has 8 heteroatoms. The molecular formula is C7H4ClN5OS. The van der Waals surface area contributed by atoms with Gasteiger partial charge in [-0.2, -0.15) is 0 Å². The Kier molecular flexibility index (Phi) is 2.84. The zero-order valence-corrected chi connectivity index (χ0v) is 8.79. The Morgan fingerprint density at radius 3 is 3.07 bits per heavy atom. The maximum atomic E-state index is 11.6. The summed E-state index contributed by atoms with van der Waals surface area (Å²) in [6.45, 7) is 0. The SMILES string of the molecule is O=C(Nc1nnns1)c1cccnc1Cl. The molecule has 0 unspecified atom stereocenters. The smallest absolute Gasteiger partial charge is 0.260 e. The van der Waals surface area contributed by atoms with E-state index in [1.165, 1.54) is 6.20 Å². The van der Waals surface area contributed by atoms with Crippen LogP contribution in [-0.2, 0) is 0 Å². The molecule has 0 radical (unpaired) electrons. The number of hydrogen-bond acceptors (Lipinski definition) is 6. The van der Waals surface area contributed by atoms with Gasteiger partial charge in [-0.15, -0.1) is 0 Å². The third kappa shape index (κ3) is 2.25. The van der Waals surface area contributed by atoms with E-state index >= 15 is 0 Å². The van der Waals surface area contributed by atoms with E-state index < -0.39 is 0 Å². The minimum absolute atomic E-state index is 0.146. The van der Waals surface area contributed by atoms with E-state index in [-0.39, 0.29) is 16.6 Å². The van der Waals surface area contributed by atoms with Crippen LogP contribution in [0.25, 0.3) is 0 Å². The van der Waals surface area contributed by atoms with Crippen molar-refractivity contribution in [1.82, 2.24) is 19.8 Å². The van der Waals surface area contributed by atoms with Gasteiger partial charge in [-0.3, -0.25) is 10.1 Å². The highest BCUT2D eigenvalue weighted by Gasteiger charge is 2.12. The number of carbonyl (C=O) groups excluding carboxylic acids is 1. The average Bonchev–Trinajstić information content (AvgIpc) is 2.71. The van der Waals surface area contributed by atoms with Crippen molar-refractivity contribution in [3.8, 4) is 0 Å². The predicted octanol–water partition coefficient (Wildman–Crippen LogP) is 1.23. The zero-order chi connectivity index (χ0) is 10.7. The fourth-order valence-electron chi connectivity index (χ4n) is 0.902. The van der Waals surface area contributed by atoms with Gasteiger partial charge in [0.1, 0.15) is 5.15 Å². The Morgan fingerprint density at radius 1 is 1.53 bits per heavy atom. The van der Waals surface area contributed by atoms with Gasteiger partial charge in [0.05, 0.1) is 5.56 Å². The summed E-state index contributed by atoms with van der Waals surface area (Å²) in [5, 5.41) is 9.88. The number of nitrogens with one attached hydrogen (secondary N) is 1. The Bertz CT molecular complexity index is 474. The van der Waals surface area contributed by atoms with Gasteiger partial charge in [-0.05, 0) is 17.3 Å². The molecule has 76 valence electrons. The lowest BCUT2D eigenvalue weighted by Crippen LogP contribution is -2.12. The highest BCUT2D eigenvalue weighted by atomic mass is 35.5. The molecule has 0 fully saturated rings. The monoisotopic (exact) mass is 241 g/mol. The summed E-state index contributed by atoms with van der Waals surface area (Å²) in [7, 11) is 0. The van der Waals surface area contributed by atoms with Crippen molar-refractivity contribution in [2.75, 3.05) is 5.32 Å². The number of nitrogens with zero attached hydrogens (tertiary/aromatic N) is 4. The molecule has 2 aromatic rings. The summed E-state index contributed by atoms with van der Waals surface area (Å²) in [4.78, 5) is 15.4. The highest BCUT2D eigenvalue weighted by Crippen LogP contribution is 2.14. The van der Waals surface area contributed by atoms with E-state index in [4.69, 9.17) is 11.6 Å². The van der Waals surface area contributed by atoms with Gasteiger partial charge in [0, 0.05) is 17.7 Å². The second kappa shape index (κ2) is 4.28. The van der Waals surface area contributed by atoms with Gasteiger partial charge in [-0.1, -0.05) is 21.2 Å². The van der Waals surface area contributed by atoms with Crippen molar-refractivity contribution >= 4 is 34.2 Å². The number of amides is 1. The maximum Gasteiger partial charge on any atom is 0.260 e. The summed E-state index contributed by atoms with van der Waals surface area (Å²) in [6.07, 6.45) is 1.51. The number of hydrogen-bond donors (Lipinski definition) is 1. The summed E-state index contributed by atoms with van der Waals surface area (Å²) < 4.78 is 3.51. The minimum atomic E-state index is -0.383. The van der Waals surface area contributed by atoms with Crippen LogP contribution in [0.4, 0.5) is 5.13 Å². The fourth-order valence-corrected chi connectivity index (χ4v) is 1.47. The molecule has 0 saturated heterocycles. The molecule has 0 aliphatic carbocycles. The first-order valence-corrected chi connectivity index (χ1v) is 4.99. The molecule has 0 saturated carbocycles. The quantitative estimate of drug-likeness (QED) is 0.800. The first-order chi connectivity index (χ1) is 7.27. The van der Waals surface area contributed by atoms with Crippen molar-refractivity contribution in [2.24, 2.45) is 0 Å². The van der Waals surface area contributed by atoms with Crippen molar-refractivity contribution in [3.05, 3.63) is 29.0 Å². The average molecular weight is 242 g/mol. The van der Waals surface area contributed by atoms with E-state index in [9.17, 15) is 4.79 Å². The molecule has 6 nitrogen and oxygen atoms in total. The molecule has 15 heavy (non-hydrogen) atoms. The predicted molar refractivity (Wildman–Crippen MR) is 54.9 cm³/mol. The molecule has 0 aromatic carbocycles. The second-order valence-corrected chi connectivity index (χ2v) is 3.55. The summed E-state index contributed by atoms with van der Waals surface area (Å²) in [5.41, 5.74) is 0.286. The van der Waals surface area contributed by atoms with Crippen LogP contribution in [0.3, 0.4) is 0 Å². The Morgan fingerprint density at radius 2 is 2.40 bits per heavy atom. The Balaban J connectivity index is 2.19. The molecule has 0 aliphatic rings. The van der Waals surface area contributed by atoms with E-state index in [1.54, 1.807) is 12.1 Å². The van der Waals surface area contributed by atoms with Crippen LogP contribution in [0.5, 0.6) is 0 Å². The summed E-state index contributed by atoms with van der Waals surface area (Å²) >= 11 is 6.72. The molecule has 0 aliphatic heterocycles. The van der Waals surface area contributed by atoms with Gasteiger partial charge in [0.15, 0.2) is 0 Å². The first kappa shape index (κ1) is 9.94. The van der Waals surface area contributed by atoms with Crippen molar-refractivity contribution in [3.63, 3.8) is 0 Å². The first-order valence-electron chi connectivity index (χ1n) is 3.84. The third-order valence-corrected chi connectivity index (χ3v) is 2.34. The number of halogens is 1. The lowest BCUT2D eigenvalue weighted by Gasteiger charge is -2.01. The van der Waals surface area contributed by atoms with Gasteiger partial charge in [-0.25, -0.2) is 4.98 Å². The van der Waals surface area contributed by atoms with Crippen LogP contribution in [0.1, 0.15) is 10.4 Å². The fraction of sp³-hybridized carbons (Fsp3) is 0. The molecule has 1 amide bonds. The van der Waals surface area contributed by atoms with Crippen LogP contribution in [0, 0.1) is 0 Å². The van der Waals surface area contributed by atoms with E-state index in [1.807, 2.05) is 0 Å². The highest BCUT2D eigenvalue weighted by molar-refractivity contribution is 7.09. The molecule has 2 aromatic heterocycles. The molecule has 2 rings (SSSR count). The normalized spacial score (nSPS) is 9.93. The summed E-state index contributed by atoms with van der Waals surface area (Å²) in [5.74, 6) is -0.383. The number of pyridine rings is 1. The topological polar surface area (TPSA) is 80.7 Å². The van der Waals surface area contributed by atoms with E-state index in [0.29, 0.717) is 5.13 Å². The number of rotatable bonds is 2. The van der Waals surface area contributed by atoms with Gasteiger partial charge >= 0.3 is 0 Å². The molecular weight excluding hydrogens is 238 g/mol. The third-order valence-electron chi connectivity index (χ3n) is 1.52. The van der Waals surface area contributed by atoms with Crippen LogP contribution >= 0.6 is 23.1 Å². The van der Waals surface area contributed by atoms with E-state index in [0.717, 1.165) is 11.5 Å². The molecule has 2 heterocycles. The standard InChI is InChI=1S/C7H4ClN5OS/c8-5-4(2-1-3-9-5)6(14)10-7-11-12-13-15-7/h1-3H,(H,10,11,13,14). The van der Waals surface area contributed by atoms with Gasteiger partial charge < -0.3 is 0 Å². The maximum absolute atomic E-state index is 11.6. The lowest BCUT2D eigenvalue weighted by molar-refractivity contribution is 0.102. The minimum Gasteiger partial charge on any atom is -0.295 e. The van der Waals surface area contributed by atoms with Crippen molar-refractivity contribution in [2.45, 2.75) is 0 Å². The number of anilines is 1. The van der Waals surface area contributed by atoms with Gasteiger partial charge in [0.25, 0.3) is 5.91 Å². The molecule has 0 bridgehead atoms. The Hall–Kier alpha value is -1.60. The lowest BCUT2D eigenvalue weighted by atomic mass is 10.3. The second-order valence-electron chi connectivity index (χ2n) is 2.46. The van der Waals surface area contributed by atoms with Gasteiger partial charge in [0.2, 0.25) is 5.13 Å². The van der Waals surface area contributed by atoms with E-state index in [2.05, 4.69) is 25.1 Å². The summed E-state index contributed by atoms with van der Waals surface area (Å²) in [6, 6.07) is 3.19. The number of carbonyl (C=O) groups is 1. The van der Waals surface area contributed by atoms with Crippen molar-refractivity contribution in [1.29, 1.82) is 0 Å². The molecule has 1 N–H and O–H groups in total. The van der Waals surface area contributed by atoms with Crippen LogP contribution in [0.2, 0.25) is 5.15 Å². The van der Waals surface area contributed by atoms with Crippen LogP contribution < -0.4 is 5.32 Å². The Labute approximate surface area is 93.5 Å². The zero-order valence-electron chi connectivity index (χ0n) is 7.22. The van der Waals surface area contributed by atoms with Crippen LogP contribution in [-0.4, -0.2) is 25.7 Å². The van der Waals surface area contributed by atoms with Crippen LogP contribution in [0.15, 0.2) is 18.3 Å².